The van der Waals surface area contributed by atoms with Crippen molar-refractivity contribution in [1.29, 1.82) is 0 Å². The number of halogens is 2. The van der Waals surface area contributed by atoms with Crippen LogP contribution in [0.15, 0.2) is 47.4 Å². The molecular weight excluding hydrogens is 303 g/mol. The van der Waals surface area contributed by atoms with Gasteiger partial charge >= 0.3 is 0 Å². The summed E-state index contributed by atoms with van der Waals surface area (Å²) in [6, 6.07) is 9.44. The Morgan fingerprint density at radius 2 is 1.95 bits per heavy atom. The normalized spacial score (nSPS) is 11.3. The lowest BCUT2D eigenvalue weighted by Crippen LogP contribution is -2.13. The van der Waals surface area contributed by atoms with Gasteiger partial charge in [0.15, 0.2) is 0 Å². The number of hydrogen-bond acceptors (Lipinski definition) is 3. The summed E-state index contributed by atoms with van der Waals surface area (Å²) in [5, 5.41) is 0.273. The van der Waals surface area contributed by atoms with Gasteiger partial charge in [0.2, 0.25) is 0 Å². The summed E-state index contributed by atoms with van der Waals surface area (Å²) in [5.41, 5.74) is 6.25. The first kappa shape index (κ1) is 14.8. The van der Waals surface area contributed by atoms with Crippen molar-refractivity contribution in [2.45, 2.75) is 11.4 Å². The Balaban J connectivity index is 2.33. The number of anilines is 1. The van der Waals surface area contributed by atoms with Crippen molar-refractivity contribution in [2.24, 2.45) is 5.73 Å². The van der Waals surface area contributed by atoms with E-state index in [0.717, 1.165) is 6.07 Å². The topological polar surface area (TPSA) is 72.2 Å². The third-order valence-electron chi connectivity index (χ3n) is 2.63. The maximum Gasteiger partial charge on any atom is 0.261 e. The van der Waals surface area contributed by atoms with Crippen molar-refractivity contribution in [3.05, 3.63) is 58.9 Å². The lowest BCUT2D eigenvalue weighted by molar-refractivity contribution is 0.601. The second kappa shape index (κ2) is 5.78. The average molecular weight is 315 g/mol. The number of sulfonamides is 1. The summed E-state index contributed by atoms with van der Waals surface area (Å²) in [4.78, 5) is -0.0102. The molecule has 0 bridgehead atoms. The molecule has 0 heterocycles. The number of hydrogen-bond donors (Lipinski definition) is 2. The lowest BCUT2D eigenvalue weighted by atomic mass is 10.2. The minimum Gasteiger partial charge on any atom is -0.326 e. The number of nitrogens with two attached hydrogens (primary N) is 1. The number of rotatable bonds is 4. The zero-order valence-electron chi connectivity index (χ0n) is 10.3. The molecule has 2 aromatic carbocycles. The van der Waals surface area contributed by atoms with Gasteiger partial charge in [-0.25, -0.2) is 12.8 Å². The zero-order valence-corrected chi connectivity index (χ0v) is 11.9. The minimum atomic E-state index is -3.82. The largest absolute Gasteiger partial charge is 0.326 e. The third-order valence-corrected chi connectivity index (χ3v) is 4.36. The predicted octanol–water partition coefficient (Wildman–Crippen LogP) is 2.74. The Hall–Kier alpha value is -1.63. The van der Waals surface area contributed by atoms with Gasteiger partial charge in [-0.15, -0.1) is 0 Å². The SMILES string of the molecule is NCc1ccc(S(=O)(=O)Nc2cccc(F)c2)cc1Cl. The molecule has 0 amide bonds. The fraction of sp³-hybridized carbons (Fsp3) is 0.0769. The molecule has 2 aromatic rings. The molecule has 0 aliphatic carbocycles. The Morgan fingerprint density at radius 1 is 1.20 bits per heavy atom. The molecule has 0 atom stereocenters. The summed E-state index contributed by atoms with van der Waals surface area (Å²) < 4.78 is 39.6. The van der Waals surface area contributed by atoms with E-state index in [0.29, 0.717) is 5.56 Å². The van der Waals surface area contributed by atoms with Gasteiger partial charge in [0.05, 0.1) is 10.6 Å². The van der Waals surface area contributed by atoms with E-state index in [1.807, 2.05) is 0 Å². The van der Waals surface area contributed by atoms with E-state index < -0.39 is 15.8 Å². The Morgan fingerprint density at radius 3 is 2.55 bits per heavy atom. The van der Waals surface area contributed by atoms with Crippen molar-refractivity contribution in [3.63, 3.8) is 0 Å². The minimum absolute atomic E-state index is 0.0102. The van der Waals surface area contributed by atoms with Crippen molar-refractivity contribution in [3.8, 4) is 0 Å². The van der Waals surface area contributed by atoms with Crippen LogP contribution in [0, 0.1) is 5.82 Å². The van der Waals surface area contributed by atoms with Crippen LogP contribution in [0.3, 0.4) is 0 Å². The molecule has 0 radical (unpaired) electrons. The predicted molar refractivity (Wildman–Crippen MR) is 76.6 cm³/mol. The van der Waals surface area contributed by atoms with E-state index in [2.05, 4.69) is 4.72 Å². The number of nitrogens with one attached hydrogen (secondary N) is 1. The molecule has 2 rings (SSSR count). The molecule has 20 heavy (non-hydrogen) atoms. The summed E-state index contributed by atoms with van der Waals surface area (Å²) >= 11 is 5.93. The van der Waals surface area contributed by atoms with Crippen molar-refractivity contribution in [1.82, 2.24) is 0 Å². The highest BCUT2D eigenvalue weighted by atomic mass is 35.5. The van der Waals surface area contributed by atoms with E-state index in [1.54, 1.807) is 6.07 Å². The average Bonchev–Trinajstić information content (AvgIpc) is 2.38. The van der Waals surface area contributed by atoms with Crippen LogP contribution in [0.1, 0.15) is 5.56 Å². The summed E-state index contributed by atoms with van der Waals surface area (Å²) in [5.74, 6) is -0.526. The maximum absolute atomic E-state index is 13.0. The monoisotopic (exact) mass is 314 g/mol. The van der Waals surface area contributed by atoms with E-state index in [9.17, 15) is 12.8 Å². The van der Waals surface area contributed by atoms with Gasteiger partial charge < -0.3 is 5.73 Å². The van der Waals surface area contributed by atoms with Crippen LogP contribution >= 0.6 is 11.6 Å². The molecule has 106 valence electrons. The van der Waals surface area contributed by atoms with Crippen LogP contribution in [-0.4, -0.2) is 8.42 Å². The Bertz CT molecular complexity index is 735. The molecular formula is C13H12ClFN2O2S. The van der Waals surface area contributed by atoms with Crippen LogP contribution in [0.5, 0.6) is 0 Å². The van der Waals surface area contributed by atoms with Crippen molar-refractivity contribution >= 4 is 27.3 Å². The molecule has 3 N–H and O–H groups in total. The first-order valence-electron chi connectivity index (χ1n) is 5.69. The fourth-order valence-corrected chi connectivity index (χ4v) is 3.02. The van der Waals surface area contributed by atoms with Gasteiger partial charge in [0.1, 0.15) is 5.82 Å². The lowest BCUT2D eigenvalue weighted by Gasteiger charge is -2.09. The van der Waals surface area contributed by atoms with E-state index >= 15 is 0 Å². The maximum atomic E-state index is 13.0. The van der Waals surface area contributed by atoms with Gasteiger partial charge in [-0.1, -0.05) is 23.7 Å². The van der Waals surface area contributed by atoms with Gasteiger partial charge in [-0.2, -0.15) is 0 Å². The second-order valence-corrected chi connectivity index (χ2v) is 6.16. The molecule has 0 aromatic heterocycles. The van der Waals surface area contributed by atoms with E-state index in [4.69, 9.17) is 17.3 Å². The quantitative estimate of drug-likeness (QED) is 0.911. The summed E-state index contributed by atoms with van der Waals surface area (Å²) in [6.45, 7) is 0.219. The third kappa shape index (κ3) is 3.27. The van der Waals surface area contributed by atoms with Crippen molar-refractivity contribution < 1.29 is 12.8 Å². The molecule has 0 unspecified atom stereocenters. The van der Waals surface area contributed by atoms with Gasteiger partial charge in [-0.3, -0.25) is 4.72 Å². The first-order chi connectivity index (χ1) is 9.42. The highest BCUT2D eigenvalue weighted by Crippen LogP contribution is 2.22. The molecule has 7 heteroatoms. The molecule has 0 saturated heterocycles. The Kier molecular flexibility index (Phi) is 4.27. The highest BCUT2D eigenvalue weighted by molar-refractivity contribution is 7.92. The van der Waals surface area contributed by atoms with Crippen LogP contribution in [-0.2, 0) is 16.6 Å². The van der Waals surface area contributed by atoms with Crippen molar-refractivity contribution in [2.75, 3.05) is 4.72 Å². The molecule has 4 nitrogen and oxygen atoms in total. The molecule has 0 aliphatic heterocycles. The van der Waals surface area contributed by atoms with Crippen LogP contribution in [0.4, 0.5) is 10.1 Å². The smallest absolute Gasteiger partial charge is 0.261 e. The van der Waals surface area contributed by atoms with E-state index in [-0.39, 0.29) is 22.2 Å². The zero-order chi connectivity index (χ0) is 14.8. The first-order valence-corrected chi connectivity index (χ1v) is 7.55. The summed E-state index contributed by atoms with van der Waals surface area (Å²) in [6.07, 6.45) is 0. The van der Waals surface area contributed by atoms with Gasteiger partial charge in [0, 0.05) is 11.6 Å². The van der Waals surface area contributed by atoms with Crippen LogP contribution in [0.25, 0.3) is 0 Å². The van der Waals surface area contributed by atoms with E-state index in [1.165, 1.54) is 30.3 Å². The number of benzene rings is 2. The molecule has 0 aliphatic rings. The van der Waals surface area contributed by atoms with Crippen LogP contribution in [0.2, 0.25) is 5.02 Å². The van der Waals surface area contributed by atoms with Crippen LogP contribution < -0.4 is 10.5 Å². The molecule has 0 spiro atoms. The molecule has 0 fully saturated rings. The summed E-state index contributed by atoms with van der Waals surface area (Å²) in [7, 11) is -3.82. The standard InChI is InChI=1S/C13H12ClFN2O2S/c14-13-7-12(5-4-9(13)8-16)20(18,19)17-11-3-1-2-10(15)6-11/h1-7,17H,8,16H2. The molecule has 0 saturated carbocycles. The second-order valence-electron chi connectivity index (χ2n) is 4.07. The van der Waals surface area contributed by atoms with Gasteiger partial charge in [-0.05, 0) is 35.9 Å². The Labute approximate surface area is 121 Å². The fourth-order valence-electron chi connectivity index (χ4n) is 1.63. The van der Waals surface area contributed by atoms with Gasteiger partial charge in [0.25, 0.3) is 10.0 Å². The highest BCUT2D eigenvalue weighted by Gasteiger charge is 2.15.